The molecule has 2 rings (SSSR count). The quantitative estimate of drug-likeness (QED) is 0.876. The van der Waals surface area contributed by atoms with Gasteiger partial charge in [0.1, 0.15) is 0 Å². The molecule has 1 aliphatic carbocycles. The fraction of sp³-hybridized carbons (Fsp3) is 0.571. The van der Waals surface area contributed by atoms with Gasteiger partial charge in [-0.2, -0.15) is 0 Å². The first-order chi connectivity index (χ1) is 9.44. The Balaban J connectivity index is 2.21. The van der Waals surface area contributed by atoms with Crippen LogP contribution in [0.3, 0.4) is 0 Å². The highest BCUT2D eigenvalue weighted by Crippen LogP contribution is 2.28. The molecule has 0 aromatic heterocycles. The zero-order chi connectivity index (χ0) is 14.8. The van der Waals surface area contributed by atoms with Crippen LogP contribution in [0.4, 0.5) is 0 Å². The Hall–Kier alpha value is -0.620. The highest BCUT2D eigenvalue weighted by atomic mass is 35.5. The van der Waals surface area contributed by atoms with E-state index in [0.29, 0.717) is 23.0 Å². The number of aryl methyl sites for hydroxylation is 1. The van der Waals surface area contributed by atoms with E-state index in [-0.39, 0.29) is 10.9 Å². The van der Waals surface area contributed by atoms with Crippen molar-refractivity contribution in [2.24, 2.45) is 11.7 Å². The molecule has 3 N–H and O–H groups in total. The summed E-state index contributed by atoms with van der Waals surface area (Å²) in [7, 11) is -3.55. The fourth-order valence-corrected chi connectivity index (χ4v) is 4.64. The molecule has 4 nitrogen and oxygen atoms in total. The summed E-state index contributed by atoms with van der Waals surface area (Å²) >= 11 is 5.87. The summed E-state index contributed by atoms with van der Waals surface area (Å²) in [5.41, 5.74) is 6.40. The lowest BCUT2D eigenvalue weighted by Crippen LogP contribution is -2.44. The lowest BCUT2D eigenvalue weighted by molar-refractivity contribution is 0.405. The second kappa shape index (κ2) is 6.43. The SMILES string of the molecule is Cc1cc(Cl)ccc1S(=O)(=O)NC(CN)C1CCCC1. The Bertz CT molecular complexity index is 569. The van der Waals surface area contributed by atoms with Gasteiger partial charge in [-0.15, -0.1) is 0 Å². The molecular formula is C14H21ClN2O2S. The predicted octanol–water partition coefficient (Wildman–Crippen LogP) is 2.44. The van der Waals surface area contributed by atoms with Gasteiger partial charge in [0.25, 0.3) is 0 Å². The lowest BCUT2D eigenvalue weighted by Gasteiger charge is -2.23. The average molecular weight is 317 g/mol. The van der Waals surface area contributed by atoms with Crippen molar-refractivity contribution in [3.8, 4) is 0 Å². The molecule has 20 heavy (non-hydrogen) atoms. The minimum absolute atomic E-state index is 0.183. The summed E-state index contributed by atoms with van der Waals surface area (Å²) < 4.78 is 27.7. The summed E-state index contributed by atoms with van der Waals surface area (Å²) in [5.74, 6) is 0.349. The van der Waals surface area contributed by atoms with Crippen molar-refractivity contribution in [1.29, 1.82) is 0 Å². The van der Waals surface area contributed by atoms with E-state index in [4.69, 9.17) is 17.3 Å². The van der Waals surface area contributed by atoms with E-state index in [0.717, 1.165) is 25.7 Å². The van der Waals surface area contributed by atoms with Gasteiger partial charge >= 0.3 is 0 Å². The maximum atomic E-state index is 12.5. The van der Waals surface area contributed by atoms with Gasteiger partial charge in [0.05, 0.1) is 4.90 Å². The fourth-order valence-electron chi connectivity index (χ4n) is 2.87. The van der Waals surface area contributed by atoms with Crippen LogP contribution in [0.1, 0.15) is 31.2 Å². The first-order valence-corrected chi connectivity index (χ1v) is 8.78. The molecule has 6 heteroatoms. The lowest BCUT2D eigenvalue weighted by atomic mass is 9.99. The van der Waals surface area contributed by atoms with Crippen LogP contribution < -0.4 is 10.5 Å². The van der Waals surface area contributed by atoms with Crippen molar-refractivity contribution >= 4 is 21.6 Å². The molecule has 1 aromatic carbocycles. The molecule has 1 unspecified atom stereocenters. The van der Waals surface area contributed by atoms with Gasteiger partial charge in [-0.3, -0.25) is 0 Å². The van der Waals surface area contributed by atoms with Crippen LogP contribution in [0.15, 0.2) is 23.1 Å². The number of sulfonamides is 1. The summed E-state index contributed by atoms with van der Waals surface area (Å²) in [4.78, 5) is 0.276. The minimum Gasteiger partial charge on any atom is -0.329 e. The van der Waals surface area contributed by atoms with Gasteiger partial charge in [0, 0.05) is 17.6 Å². The molecule has 1 atom stereocenters. The molecule has 1 fully saturated rings. The number of hydrogen-bond acceptors (Lipinski definition) is 3. The van der Waals surface area contributed by atoms with Gasteiger partial charge in [-0.1, -0.05) is 24.4 Å². The van der Waals surface area contributed by atoms with E-state index in [1.807, 2.05) is 0 Å². The third-order valence-electron chi connectivity index (χ3n) is 3.96. The van der Waals surface area contributed by atoms with Crippen molar-refractivity contribution in [2.75, 3.05) is 6.54 Å². The third-order valence-corrected chi connectivity index (χ3v) is 5.84. The van der Waals surface area contributed by atoms with Gasteiger partial charge in [0.15, 0.2) is 0 Å². The zero-order valence-electron chi connectivity index (χ0n) is 11.6. The number of hydrogen-bond donors (Lipinski definition) is 2. The van der Waals surface area contributed by atoms with Gasteiger partial charge in [-0.25, -0.2) is 13.1 Å². The highest BCUT2D eigenvalue weighted by molar-refractivity contribution is 7.89. The van der Waals surface area contributed by atoms with Gasteiger partial charge in [-0.05, 0) is 49.4 Å². The predicted molar refractivity (Wildman–Crippen MR) is 81.3 cm³/mol. The average Bonchev–Trinajstić information content (AvgIpc) is 2.89. The molecular weight excluding hydrogens is 296 g/mol. The molecule has 0 heterocycles. The number of halogens is 1. The molecule has 112 valence electrons. The third kappa shape index (κ3) is 3.52. The Labute approximate surface area is 125 Å². The molecule has 0 bridgehead atoms. The van der Waals surface area contributed by atoms with Crippen LogP contribution in [0, 0.1) is 12.8 Å². The minimum atomic E-state index is -3.55. The van der Waals surface area contributed by atoms with Crippen LogP contribution in [0.25, 0.3) is 0 Å². The van der Waals surface area contributed by atoms with Crippen molar-refractivity contribution in [3.05, 3.63) is 28.8 Å². The van der Waals surface area contributed by atoms with E-state index < -0.39 is 10.0 Å². The first kappa shape index (κ1) is 15.8. The van der Waals surface area contributed by atoms with Crippen LogP contribution in [0.5, 0.6) is 0 Å². The number of rotatable bonds is 5. The largest absolute Gasteiger partial charge is 0.329 e. The molecule has 1 saturated carbocycles. The second-order valence-corrected chi connectivity index (χ2v) is 7.54. The highest BCUT2D eigenvalue weighted by Gasteiger charge is 2.28. The van der Waals surface area contributed by atoms with Gasteiger partial charge in [0.2, 0.25) is 10.0 Å². The van der Waals surface area contributed by atoms with E-state index >= 15 is 0 Å². The molecule has 0 radical (unpaired) electrons. The number of benzene rings is 1. The topological polar surface area (TPSA) is 72.2 Å². The van der Waals surface area contributed by atoms with Gasteiger partial charge < -0.3 is 5.73 Å². The molecule has 0 aliphatic heterocycles. The number of nitrogens with one attached hydrogen (secondary N) is 1. The Morgan fingerprint density at radius 3 is 2.60 bits per heavy atom. The van der Waals surface area contributed by atoms with E-state index in [1.54, 1.807) is 25.1 Å². The molecule has 0 spiro atoms. The van der Waals surface area contributed by atoms with E-state index in [1.165, 1.54) is 0 Å². The molecule has 1 aromatic rings. The monoisotopic (exact) mass is 316 g/mol. The maximum absolute atomic E-state index is 12.5. The van der Waals surface area contributed by atoms with Crippen LogP contribution >= 0.6 is 11.6 Å². The zero-order valence-corrected chi connectivity index (χ0v) is 13.2. The molecule has 0 saturated heterocycles. The Kier molecular flexibility index (Phi) is 5.07. The summed E-state index contributed by atoms with van der Waals surface area (Å²) in [6.07, 6.45) is 4.40. The summed E-state index contributed by atoms with van der Waals surface area (Å²) in [5, 5.41) is 0.535. The van der Waals surface area contributed by atoms with Crippen molar-refractivity contribution in [2.45, 2.75) is 43.5 Å². The van der Waals surface area contributed by atoms with E-state index in [9.17, 15) is 8.42 Å². The first-order valence-electron chi connectivity index (χ1n) is 6.92. The van der Waals surface area contributed by atoms with Crippen LogP contribution in [0.2, 0.25) is 5.02 Å². The summed E-state index contributed by atoms with van der Waals surface area (Å²) in [6.45, 7) is 2.07. The molecule has 0 amide bonds. The van der Waals surface area contributed by atoms with Crippen molar-refractivity contribution in [1.82, 2.24) is 4.72 Å². The normalized spacial score (nSPS) is 18.4. The van der Waals surface area contributed by atoms with E-state index in [2.05, 4.69) is 4.72 Å². The van der Waals surface area contributed by atoms with Crippen LogP contribution in [-0.2, 0) is 10.0 Å². The second-order valence-electron chi connectivity index (χ2n) is 5.42. The van der Waals surface area contributed by atoms with Crippen molar-refractivity contribution < 1.29 is 8.42 Å². The Morgan fingerprint density at radius 2 is 2.05 bits per heavy atom. The maximum Gasteiger partial charge on any atom is 0.241 e. The van der Waals surface area contributed by atoms with Crippen LogP contribution in [-0.4, -0.2) is 21.0 Å². The number of nitrogens with two attached hydrogens (primary N) is 1. The molecule has 1 aliphatic rings. The standard InChI is InChI=1S/C14H21ClN2O2S/c1-10-8-12(15)6-7-14(10)20(18,19)17-13(9-16)11-4-2-3-5-11/h6-8,11,13,17H,2-5,9,16H2,1H3. The van der Waals surface area contributed by atoms with Crippen molar-refractivity contribution in [3.63, 3.8) is 0 Å². The Morgan fingerprint density at radius 1 is 1.40 bits per heavy atom. The smallest absolute Gasteiger partial charge is 0.241 e. The summed E-state index contributed by atoms with van der Waals surface area (Å²) in [6, 6.07) is 4.61.